The van der Waals surface area contributed by atoms with E-state index in [1.165, 1.54) is 30.7 Å². The number of unbranched alkanes of at least 4 members (excludes halogenated alkanes) is 3. The molecule has 3 N–H and O–H groups in total. The lowest BCUT2D eigenvalue weighted by Crippen LogP contribution is -1.99. The highest BCUT2D eigenvalue weighted by atomic mass is 16.5. The molecule has 0 spiro atoms. The van der Waals surface area contributed by atoms with Crippen molar-refractivity contribution >= 4 is 11.9 Å². The van der Waals surface area contributed by atoms with Crippen LogP contribution < -0.4 is 9.47 Å². The van der Waals surface area contributed by atoms with Crippen molar-refractivity contribution in [3.8, 4) is 28.7 Å². The largest absolute Gasteiger partial charge is 0.507 e. The number of aromatic hydroxyl groups is 3. The molecule has 27 heavy (non-hydrogen) atoms. The summed E-state index contributed by atoms with van der Waals surface area (Å²) in [7, 11) is 0. The number of ketones is 1. The first-order valence-corrected chi connectivity index (χ1v) is 8.96. The van der Waals surface area contributed by atoms with E-state index < -0.39 is 11.5 Å². The van der Waals surface area contributed by atoms with Crippen molar-refractivity contribution in [1.29, 1.82) is 0 Å². The van der Waals surface area contributed by atoms with E-state index in [0.717, 1.165) is 19.3 Å². The lowest BCUT2D eigenvalue weighted by atomic mass is 10.1. The summed E-state index contributed by atoms with van der Waals surface area (Å²) in [4.78, 5) is 12.4. The van der Waals surface area contributed by atoms with Gasteiger partial charge in [-0.1, -0.05) is 26.2 Å². The number of carbonyl (C=O) groups is 1. The SMILES string of the molecule is CCCCCCOc1ccc(/C=C2/Oc3c(ccc(O)c3O)C2=O)c(O)c1. The van der Waals surface area contributed by atoms with Crippen LogP contribution in [0.4, 0.5) is 0 Å². The summed E-state index contributed by atoms with van der Waals surface area (Å²) in [6, 6.07) is 7.43. The summed E-state index contributed by atoms with van der Waals surface area (Å²) < 4.78 is 11.0. The lowest BCUT2D eigenvalue weighted by Gasteiger charge is -2.08. The molecule has 3 rings (SSSR count). The van der Waals surface area contributed by atoms with Crippen molar-refractivity contribution in [1.82, 2.24) is 0 Å². The van der Waals surface area contributed by atoms with Gasteiger partial charge in [-0.3, -0.25) is 4.79 Å². The van der Waals surface area contributed by atoms with Gasteiger partial charge < -0.3 is 24.8 Å². The van der Waals surface area contributed by atoms with E-state index >= 15 is 0 Å². The summed E-state index contributed by atoms with van der Waals surface area (Å²) >= 11 is 0. The number of ether oxygens (including phenoxy) is 2. The third-order valence-electron chi connectivity index (χ3n) is 4.35. The zero-order valence-electron chi connectivity index (χ0n) is 15.1. The Morgan fingerprint density at radius 2 is 1.85 bits per heavy atom. The Kier molecular flexibility index (Phi) is 5.54. The molecule has 0 saturated carbocycles. The number of hydrogen-bond acceptors (Lipinski definition) is 6. The molecule has 0 radical (unpaired) electrons. The molecule has 0 amide bonds. The minimum absolute atomic E-state index is 0.0468. The number of hydrogen-bond donors (Lipinski definition) is 3. The van der Waals surface area contributed by atoms with E-state index in [-0.39, 0.29) is 28.6 Å². The van der Waals surface area contributed by atoms with Crippen LogP contribution in [0.2, 0.25) is 0 Å². The van der Waals surface area contributed by atoms with Crippen LogP contribution in [0, 0.1) is 0 Å². The van der Waals surface area contributed by atoms with E-state index in [1.807, 2.05) is 0 Å². The highest BCUT2D eigenvalue weighted by Crippen LogP contribution is 2.44. The smallest absolute Gasteiger partial charge is 0.232 e. The Bertz CT molecular complexity index is 884. The van der Waals surface area contributed by atoms with Gasteiger partial charge in [-0.05, 0) is 36.8 Å². The lowest BCUT2D eigenvalue weighted by molar-refractivity contribution is 0.101. The number of allylic oxidation sites excluding steroid dienone is 1. The second-order valence-corrected chi connectivity index (χ2v) is 6.38. The normalized spacial score (nSPS) is 14.3. The highest BCUT2D eigenvalue weighted by Gasteiger charge is 2.31. The first-order chi connectivity index (χ1) is 13.0. The van der Waals surface area contributed by atoms with Crippen LogP contribution in [0.3, 0.4) is 0 Å². The number of fused-ring (bicyclic) bond motifs is 1. The van der Waals surface area contributed by atoms with E-state index in [2.05, 4.69) is 6.92 Å². The average Bonchev–Trinajstić information content (AvgIpc) is 2.97. The Morgan fingerprint density at radius 3 is 2.59 bits per heavy atom. The Labute approximate surface area is 157 Å². The summed E-state index contributed by atoms with van der Waals surface area (Å²) in [6.45, 7) is 2.73. The van der Waals surface area contributed by atoms with Gasteiger partial charge in [0, 0.05) is 11.6 Å². The van der Waals surface area contributed by atoms with Crippen LogP contribution >= 0.6 is 0 Å². The van der Waals surface area contributed by atoms with E-state index in [1.54, 1.807) is 12.1 Å². The molecule has 1 aliphatic heterocycles. The molecule has 0 unspecified atom stereocenters. The molecule has 0 bridgehead atoms. The van der Waals surface area contributed by atoms with Crippen molar-refractivity contribution < 1.29 is 29.6 Å². The van der Waals surface area contributed by atoms with Gasteiger partial charge in [-0.2, -0.15) is 0 Å². The molecular formula is C21H22O6. The standard InChI is InChI=1S/C21H22O6/c1-2-3-4-5-10-26-14-7-6-13(17(23)12-14)11-18-19(24)15-8-9-16(22)20(25)21(15)27-18/h6-9,11-12,22-23,25H,2-5,10H2,1H3/b18-11+. The van der Waals surface area contributed by atoms with Crippen LogP contribution in [0.15, 0.2) is 36.1 Å². The highest BCUT2D eigenvalue weighted by molar-refractivity contribution is 6.15. The molecule has 6 nitrogen and oxygen atoms in total. The van der Waals surface area contributed by atoms with Gasteiger partial charge in [0.15, 0.2) is 17.3 Å². The number of Topliss-reactive ketones (excluding diaryl/α,β-unsaturated/α-hetero) is 1. The van der Waals surface area contributed by atoms with Crippen molar-refractivity contribution in [2.24, 2.45) is 0 Å². The summed E-state index contributed by atoms with van der Waals surface area (Å²) in [5, 5.41) is 29.6. The minimum Gasteiger partial charge on any atom is -0.507 e. The van der Waals surface area contributed by atoms with Crippen LogP contribution in [0.1, 0.15) is 48.5 Å². The Hall–Kier alpha value is -3.15. The van der Waals surface area contributed by atoms with Crippen molar-refractivity contribution in [2.75, 3.05) is 6.61 Å². The van der Waals surface area contributed by atoms with Gasteiger partial charge in [0.25, 0.3) is 0 Å². The second-order valence-electron chi connectivity index (χ2n) is 6.38. The third-order valence-corrected chi connectivity index (χ3v) is 4.35. The van der Waals surface area contributed by atoms with Crippen LogP contribution in [0.5, 0.6) is 28.7 Å². The van der Waals surface area contributed by atoms with Crippen molar-refractivity contribution in [3.63, 3.8) is 0 Å². The quantitative estimate of drug-likeness (QED) is 0.380. The molecule has 0 atom stereocenters. The first-order valence-electron chi connectivity index (χ1n) is 8.96. The molecule has 0 aliphatic carbocycles. The maximum Gasteiger partial charge on any atom is 0.232 e. The van der Waals surface area contributed by atoms with Crippen LogP contribution in [0.25, 0.3) is 6.08 Å². The van der Waals surface area contributed by atoms with Gasteiger partial charge in [0.1, 0.15) is 11.5 Å². The number of benzene rings is 2. The number of rotatable bonds is 7. The third kappa shape index (κ3) is 4.00. The Morgan fingerprint density at radius 1 is 1.04 bits per heavy atom. The fourth-order valence-corrected chi connectivity index (χ4v) is 2.82. The van der Waals surface area contributed by atoms with Crippen molar-refractivity contribution in [2.45, 2.75) is 32.6 Å². The average molecular weight is 370 g/mol. The van der Waals surface area contributed by atoms with Crippen LogP contribution in [-0.4, -0.2) is 27.7 Å². The van der Waals surface area contributed by atoms with Crippen LogP contribution in [-0.2, 0) is 0 Å². The minimum atomic E-state index is -0.486. The van der Waals surface area contributed by atoms with E-state index in [0.29, 0.717) is 17.9 Å². The summed E-state index contributed by atoms with van der Waals surface area (Å²) in [6.07, 6.45) is 5.78. The molecule has 1 aliphatic rings. The monoisotopic (exact) mass is 370 g/mol. The second kappa shape index (κ2) is 8.03. The van der Waals surface area contributed by atoms with E-state index in [9.17, 15) is 20.1 Å². The predicted octanol–water partition coefficient (Wildman–Crippen LogP) is 4.38. The first kappa shape index (κ1) is 18.6. The molecular weight excluding hydrogens is 348 g/mol. The predicted molar refractivity (Wildman–Crippen MR) is 100 cm³/mol. The number of carbonyl (C=O) groups excluding carboxylic acids is 1. The van der Waals surface area contributed by atoms with Gasteiger partial charge in [-0.15, -0.1) is 0 Å². The molecule has 1 heterocycles. The van der Waals surface area contributed by atoms with E-state index in [4.69, 9.17) is 9.47 Å². The fourth-order valence-electron chi connectivity index (χ4n) is 2.82. The van der Waals surface area contributed by atoms with Gasteiger partial charge in [-0.25, -0.2) is 0 Å². The maximum absolute atomic E-state index is 12.4. The number of phenols is 3. The van der Waals surface area contributed by atoms with Crippen molar-refractivity contribution in [3.05, 3.63) is 47.2 Å². The molecule has 2 aromatic carbocycles. The number of phenolic OH excluding ortho intramolecular Hbond substituents is 3. The Balaban J connectivity index is 1.72. The molecule has 2 aromatic rings. The van der Waals surface area contributed by atoms with Gasteiger partial charge >= 0.3 is 0 Å². The fraction of sp³-hybridized carbons (Fsp3) is 0.286. The molecule has 0 saturated heterocycles. The van der Waals surface area contributed by atoms with Gasteiger partial charge in [0.05, 0.1) is 12.2 Å². The topological polar surface area (TPSA) is 96.2 Å². The summed E-state index contributed by atoms with van der Waals surface area (Å²) in [5.41, 5.74) is 0.538. The molecule has 6 heteroatoms. The summed E-state index contributed by atoms with van der Waals surface area (Å²) in [5.74, 6) is -0.918. The maximum atomic E-state index is 12.4. The zero-order chi connectivity index (χ0) is 19.4. The van der Waals surface area contributed by atoms with Gasteiger partial charge in [0.2, 0.25) is 11.5 Å². The molecule has 142 valence electrons. The molecule has 0 fully saturated rings. The molecule has 0 aromatic heterocycles. The zero-order valence-corrected chi connectivity index (χ0v) is 15.1.